The quantitative estimate of drug-likeness (QED) is 0.154. The van der Waals surface area contributed by atoms with Gasteiger partial charge in [-0.2, -0.15) is 0 Å². The SMILES string of the molecule is c1ccc(N(c2ccccc2)c2ccc(N(c3ccc4ccc5ccccc5c4c3)c3cccc4ccc(-c5cccc6ccccc56)cc34)cc2)cc1. The van der Waals surface area contributed by atoms with Gasteiger partial charge in [0.25, 0.3) is 0 Å². The van der Waals surface area contributed by atoms with E-state index in [-0.39, 0.29) is 0 Å². The highest BCUT2D eigenvalue weighted by atomic mass is 15.2. The van der Waals surface area contributed by atoms with Crippen LogP contribution in [0.2, 0.25) is 0 Å². The molecule has 0 N–H and O–H groups in total. The Bertz CT molecular complexity index is 2890. The third-order valence-corrected chi connectivity index (χ3v) is 10.6. The second-order valence-corrected chi connectivity index (χ2v) is 13.8. The number of fused-ring (bicyclic) bond motifs is 5. The van der Waals surface area contributed by atoms with Gasteiger partial charge in [0, 0.05) is 33.8 Å². The van der Waals surface area contributed by atoms with Gasteiger partial charge in [0.2, 0.25) is 0 Å². The van der Waals surface area contributed by atoms with Gasteiger partial charge in [0.15, 0.2) is 0 Å². The molecule has 0 aromatic heterocycles. The van der Waals surface area contributed by atoms with Crippen LogP contribution in [-0.2, 0) is 0 Å². The minimum absolute atomic E-state index is 1.09. The summed E-state index contributed by atoms with van der Waals surface area (Å²) in [6.07, 6.45) is 0. The van der Waals surface area contributed by atoms with E-state index in [1.54, 1.807) is 0 Å². The lowest BCUT2D eigenvalue weighted by molar-refractivity contribution is 1.26. The van der Waals surface area contributed by atoms with Crippen molar-refractivity contribution in [1.82, 2.24) is 0 Å². The van der Waals surface area contributed by atoms with Crippen LogP contribution in [-0.4, -0.2) is 0 Å². The van der Waals surface area contributed by atoms with Crippen molar-refractivity contribution in [3.63, 3.8) is 0 Å². The minimum atomic E-state index is 1.09. The fourth-order valence-corrected chi connectivity index (χ4v) is 8.00. The summed E-state index contributed by atoms with van der Waals surface area (Å²) in [5.41, 5.74) is 9.09. The first-order valence-electron chi connectivity index (χ1n) is 18.5. The molecule has 0 aliphatic heterocycles. The molecule has 10 aromatic rings. The molecule has 0 radical (unpaired) electrons. The zero-order valence-corrected chi connectivity index (χ0v) is 29.7. The van der Waals surface area contributed by atoms with E-state index in [9.17, 15) is 0 Å². The molecule has 0 saturated carbocycles. The number of rotatable bonds is 7. The molecule has 254 valence electrons. The Labute approximate surface area is 315 Å². The zero-order chi connectivity index (χ0) is 35.8. The maximum atomic E-state index is 2.43. The summed E-state index contributed by atoms with van der Waals surface area (Å²) in [4.78, 5) is 4.74. The van der Waals surface area contributed by atoms with Gasteiger partial charge >= 0.3 is 0 Å². The number of para-hydroxylation sites is 2. The third-order valence-electron chi connectivity index (χ3n) is 10.6. The summed E-state index contributed by atoms with van der Waals surface area (Å²) in [6.45, 7) is 0. The van der Waals surface area contributed by atoms with Gasteiger partial charge in [-0.15, -0.1) is 0 Å². The molecule has 10 rings (SSSR count). The Balaban J connectivity index is 1.18. The van der Waals surface area contributed by atoms with E-state index in [4.69, 9.17) is 0 Å². The van der Waals surface area contributed by atoms with Crippen LogP contribution in [0.1, 0.15) is 0 Å². The molecule has 2 heteroatoms. The molecule has 10 aromatic carbocycles. The maximum Gasteiger partial charge on any atom is 0.0540 e. The van der Waals surface area contributed by atoms with Crippen molar-refractivity contribution in [3.8, 4) is 11.1 Å². The largest absolute Gasteiger partial charge is 0.311 e. The number of benzene rings is 10. The van der Waals surface area contributed by atoms with Gasteiger partial charge in [-0.1, -0.05) is 146 Å². The first-order chi connectivity index (χ1) is 26.8. The first-order valence-corrected chi connectivity index (χ1v) is 18.5. The van der Waals surface area contributed by atoms with Crippen molar-refractivity contribution in [2.75, 3.05) is 9.80 Å². The van der Waals surface area contributed by atoms with Gasteiger partial charge in [-0.3, -0.25) is 0 Å². The molecule has 0 saturated heterocycles. The lowest BCUT2D eigenvalue weighted by Gasteiger charge is -2.29. The van der Waals surface area contributed by atoms with E-state index in [0.717, 1.165) is 34.1 Å². The van der Waals surface area contributed by atoms with Crippen LogP contribution in [0.4, 0.5) is 34.1 Å². The van der Waals surface area contributed by atoms with Crippen molar-refractivity contribution in [2.24, 2.45) is 0 Å². The normalized spacial score (nSPS) is 11.3. The second kappa shape index (κ2) is 13.4. The summed E-state index contributed by atoms with van der Waals surface area (Å²) in [5.74, 6) is 0. The van der Waals surface area contributed by atoms with Crippen LogP contribution in [0.25, 0.3) is 54.2 Å². The monoisotopic (exact) mass is 688 g/mol. The number of nitrogens with zero attached hydrogens (tertiary/aromatic N) is 2. The predicted octanol–water partition coefficient (Wildman–Crippen LogP) is 14.9. The van der Waals surface area contributed by atoms with E-state index in [1.165, 1.54) is 54.2 Å². The molecular weight excluding hydrogens is 653 g/mol. The van der Waals surface area contributed by atoms with Crippen LogP contribution < -0.4 is 9.80 Å². The first kappa shape index (κ1) is 31.6. The average Bonchev–Trinajstić information content (AvgIpc) is 3.25. The topological polar surface area (TPSA) is 6.48 Å². The number of hydrogen-bond donors (Lipinski definition) is 0. The molecular formula is C52H36N2. The Morgan fingerprint density at radius 1 is 0.241 bits per heavy atom. The Morgan fingerprint density at radius 3 is 1.41 bits per heavy atom. The molecule has 0 bridgehead atoms. The van der Waals surface area contributed by atoms with Gasteiger partial charge in [-0.25, -0.2) is 0 Å². The Hall–Kier alpha value is -7.16. The fraction of sp³-hybridized carbons (Fsp3) is 0. The second-order valence-electron chi connectivity index (χ2n) is 13.8. The van der Waals surface area contributed by atoms with Crippen molar-refractivity contribution in [2.45, 2.75) is 0 Å². The smallest absolute Gasteiger partial charge is 0.0540 e. The Morgan fingerprint density at radius 2 is 0.704 bits per heavy atom. The van der Waals surface area contributed by atoms with Crippen LogP contribution in [0.5, 0.6) is 0 Å². The van der Waals surface area contributed by atoms with Gasteiger partial charge in [0.05, 0.1) is 5.69 Å². The highest BCUT2D eigenvalue weighted by Gasteiger charge is 2.19. The summed E-state index contributed by atoms with van der Waals surface area (Å²) >= 11 is 0. The highest BCUT2D eigenvalue weighted by Crippen LogP contribution is 2.44. The molecule has 0 aliphatic carbocycles. The van der Waals surface area contributed by atoms with Crippen molar-refractivity contribution >= 4 is 77.2 Å². The summed E-state index contributed by atoms with van der Waals surface area (Å²) in [5, 5.41) is 9.85. The maximum absolute atomic E-state index is 2.43. The molecule has 0 aliphatic rings. The Kier molecular flexibility index (Phi) is 7.85. The van der Waals surface area contributed by atoms with Crippen molar-refractivity contribution in [3.05, 3.63) is 218 Å². The van der Waals surface area contributed by atoms with Crippen molar-refractivity contribution < 1.29 is 0 Å². The minimum Gasteiger partial charge on any atom is -0.311 e. The lowest BCUT2D eigenvalue weighted by Crippen LogP contribution is -2.12. The summed E-state index contributed by atoms with van der Waals surface area (Å²) in [6, 6.07) is 79.0. The molecule has 0 heterocycles. The fourth-order valence-electron chi connectivity index (χ4n) is 8.00. The molecule has 0 atom stereocenters. The van der Waals surface area contributed by atoms with E-state index in [0.29, 0.717) is 0 Å². The third kappa shape index (κ3) is 5.62. The summed E-state index contributed by atoms with van der Waals surface area (Å²) in [7, 11) is 0. The predicted molar refractivity (Wildman–Crippen MR) is 231 cm³/mol. The average molecular weight is 689 g/mol. The van der Waals surface area contributed by atoms with E-state index in [2.05, 4.69) is 228 Å². The molecule has 0 spiro atoms. The van der Waals surface area contributed by atoms with E-state index < -0.39 is 0 Å². The molecule has 0 unspecified atom stereocenters. The van der Waals surface area contributed by atoms with Crippen molar-refractivity contribution in [1.29, 1.82) is 0 Å². The van der Waals surface area contributed by atoms with Crippen LogP contribution >= 0.6 is 0 Å². The zero-order valence-electron chi connectivity index (χ0n) is 29.7. The van der Waals surface area contributed by atoms with Crippen LogP contribution in [0.3, 0.4) is 0 Å². The lowest BCUT2D eigenvalue weighted by atomic mass is 9.95. The van der Waals surface area contributed by atoms with Crippen LogP contribution in [0.15, 0.2) is 218 Å². The molecule has 54 heavy (non-hydrogen) atoms. The van der Waals surface area contributed by atoms with Crippen LogP contribution in [0, 0.1) is 0 Å². The number of anilines is 6. The summed E-state index contributed by atoms with van der Waals surface area (Å²) < 4.78 is 0. The standard InChI is InChI=1S/C52H36N2/c1-3-17-42(18-4-1)53(43-19-5-2-6-20-43)44-31-33-45(34-32-44)54(46-30-29-40-26-25-38-14-8-10-22-48(38)50(40)36-46)52-24-12-16-39-27-28-41(35-51(39)52)49-23-11-15-37-13-7-9-21-47(37)49/h1-36H. The number of hydrogen-bond acceptors (Lipinski definition) is 2. The van der Waals surface area contributed by atoms with E-state index >= 15 is 0 Å². The molecule has 2 nitrogen and oxygen atoms in total. The van der Waals surface area contributed by atoms with Gasteiger partial charge in [0.1, 0.15) is 0 Å². The van der Waals surface area contributed by atoms with Gasteiger partial charge in [-0.05, 0) is 122 Å². The molecule has 0 fully saturated rings. The van der Waals surface area contributed by atoms with Gasteiger partial charge < -0.3 is 9.80 Å². The highest BCUT2D eigenvalue weighted by molar-refractivity contribution is 6.10. The molecule has 0 amide bonds. The van der Waals surface area contributed by atoms with E-state index in [1.807, 2.05) is 0 Å².